The minimum atomic E-state index is -0.275. The van der Waals surface area contributed by atoms with E-state index in [-0.39, 0.29) is 17.7 Å². The number of phenols is 1. The molecule has 0 aliphatic heterocycles. The fraction of sp³-hybridized carbons (Fsp3) is 0.417. The van der Waals surface area contributed by atoms with Gasteiger partial charge in [0.15, 0.2) is 0 Å². The summed E-state index contributed by atoms with van der Waals surface area (Å²) in [6.07, 6.45) is 0. The normalized spacial score (nSPS) is 12.2. The highest BCUT2D eigenvalue weighted by Gasteiger charge is 2.14. The third kappa shape index (κ3) is 3.71. The zero-order chi connectivity index (χ0) is 13.0. The largest absolute Gasteiger partial charge is 0.506 e. The highest BCUT2D eigenvalue weighted by Crippen LogP contribution is 2.27. The van der Waals surface area contributed by atoms with Crippen LogP contribution < -0.4 is 5.32 Å². The number of halogens is 1. The van der Waals surface area contributed by atoms with Gasteiger partial charge in [0.05, 0.1) is 10.5 Å². The fourth-order valence-electron chi connectivity index (χ4n) is 1.44. The number of phenolic OH excluding ortho intramolecular Hbond substituents is 1. The third-order valence-electron chi connectivity index (χ3n) is 2.48. The van der Waals surface area contributed by atoms with E-state index in [9.17, 15) is 9.90 Å². The van der Waals surface area contributed by atoms with E-state index in [0.717, 1.165) is 5.56 Å². The second-order valence-electron chi connectivity index (χ2n) is 4.08. The van der Waals surface area contributed by atoms with Crippen LogP contribution in [0.25, 0.3) is 0 Å². The van der Waals surface area contributed by atoms with E-state index >= 15 is 0 Å². The molecule has 1 atom stereocenters. The summed E-state index contributed by atoms with van der Waals surface area (Å²) in [4.78, 5) is 13.1. The maximum Gasteiger partial charge on any atom is 0.238 e. The monoisotopic (exact) mass is 300 g/mol. The van der Waals surface area contributed by atoms with Gasteiger partial charge in [-0.15, -0.1) is 0 Å². The number of aromatic hydroxyl groups is 1. The predicted molar refractivity (Wildman–Crippen MR) is 70.8 cm³/mol. The van der Waals surface area contributed by atoms with Gasteiger partial charge in [0, 0.05) is 26.2 Å². The Labute approximate surface area is 110 Å². The molecule has 1 amide bonds. The molecule has 5 heteroatoms. The average Bonchev–Trinajstić information content (AvgIpc) is 2.29. The van der Waals surface area contributed by atoms with Crippen LogP contribution in [0.5, 0.6) is 5.75 Å². The number of carbonyl (C=O) groups excluding carboxylic acids is 1. The van der Waals surface area contributed by atoms with Crippen molar-refractivity contribution in [2.45, 2.75) is 19.5 Å². The number of nitrogens with one attached hydrogen (secondary N) is 1. The van der Waals surface area contributed by atoms with Crippen LogP contribution in [-0.4, -0.2) is 36.1 Å². The third-order valence-corrected chi connectivity index (χ3v) is 3.12. The lowest BCUT2D eigenvalue weighted by Crippen LogP contribution is -2.41. The van der Waals surface area contributed by atoms with Gasteiger partial charge in [-0.3, -0.25) is 4.79 Å². The van der Waals surface area contributed by atoms with Crippen molar-refractivity contribution in [2.24, 2.45) is 0 Å². The van der Waals surface area contributed by atoms with Gasteiger partial charge in [0.2, 0.25) is 5.91 Å². The minimum Gasteiger partial charge on any atom is -0.506 e. The highest BCUT2D eigenvalue weighted by atomic mass is 79.9. The van der Waals surface area contributed by atoms with E-state index in [2.05, 4.69) is 21.2 Å². The van der Waals surface area contributed by atoms with Crippen LogP contribution in [-0.2, 0) is 11.3 Å². The molecule has 0 aliphatic rings. The first kappa shape index (κ1) is 14.0. The molecule has 0 aliphatic carbocycles. The molecule has 0 bridgehead atoms. The molecule has 0 spiro atoms. The number of hydrogen-bond donors (Lipinski definition) is 2. The minimum absolute atomic E-state index is 0.0134. The average molecular weight is 301 g/mol. The highest BCUT2D eigenvalue weighted by molar-refractivity contribution is 9.10. The Balaban J connectivity index is 2.62. The van der Waals surface area contributed by atoms with Crippen LogP contribution in [0.15, 0.2) is 22.7 Å². The number of hydrogen-bond acceptors (Lipinski definition) is 3. The molecular weight excluding hydrogens is 284 g/mol. The quantitative estimate of drug-likeness (QED) is 0.890. The first-order chi connectivity index (χ1) is 7.93. The van der Waals surface area contributed by atoms with Gasteiger partial charge in [-0.05, 0) is 28.9 Å². The van der Waals surface area contributed by atoms with Gasteiger partial charge in [-0.2, -0.15) is 0 Å². The number of benzene rings is 1. The smallest absolute Gasteiger partial charge is 0.238 e. The fourth-order valence-corrected chi connectivity index (χ4v) is 1.85. The Hall–Kier alpha value is -1.07. The Bertz CT molecular complexity index is 407. The summed E-state index contributed by atoms with van der Waals surface area (Å²) >= 11 is 3.25. The standard InChI is InChI=1S/C12H17BrN2O2/c1-8(12(17)15(2)3)14-7-9-5-4-6-10(13)11(9)16/h4-6,8,14,16H,7H2,1-3H3. The second-order valence-corrected chi connectivity index (χ2v) is 4.94. The maximum atomic E-state index is 11.6. The number of likely N-dealkylation sites (N-methyl/N-ethyl adjacent to an activating group) is 1. The van der Waals surface area contributed by atoms with Crippen LogP contribution in [0.2, 0.25) is 0 Å². The summed E-state index contributed by atoms with van der Waals surface area (Å²) in [7, 11) is 3.44. The van der Waals surface area contributed by atoms with Crippen molar-refractivity contribution in [1.29, 1.82) is 0 Å². The van der Waals surface area contributed by atoms with Crippen molar-refractivity contribution in [3.05, 3.63) is 28.2 Å². The van der Waals surface area contributed by atoms with Crippen LogP contribution in [0, 0.1) is 0 Å². The molecule has 4 nitrogen and oxygen atoms in total. The molecular formula is C12H17BrN2O2. The van der Waals surface area contributed by atoms with E-state index in [0.29, 0.717) is 11.0 Å². The lowest BCUT2D eigenvalue weighted by atomic mass is 10.2. The number of amides is 1. The number of nitrogens with zero attached hydrogens (tertiary/aromatic N) is 1. The molecule has 2 N–H and O–H groups in total. The topological polar surface area (TPSA) is 52.6 Å². The van der Waals surface area contributed by atoms with Crippen molar-refractivity contribution < 1.29 is 9.90 Å². The molecule has 1 aromatic rings. The molecule has 0 saturated carbocycles. The van der Waals surface area contributed by atoms with E-state index in [1.165, 1.54) is 0 Å². The summed E-state index contributed by atoms with van der Waals surface area (Å²) < 4.78 is 0.656. The van der Waals surface area contributed by atoms with Gasteiger partial charge in [-0.1, -0.05) is 12.1 Å². The molecule has 0 fully saturated rings. The zero-order valence-corrected chi connectivity index (χ0v) is 11.8. The number of para-hydroxylation sites is 1. The van der Waals surface area contributed by atoms with Crippen LogP contribution in [0.4, 0.5) is 0 Å². The molecule has 0 saturated heterocycles. The lowest BCUT2D eigenvalue weighted by Gasteiger charge is -2.18. The van der Waals surface area contributed by atoms with Gasteiger partial charge in [-0.25, -0.2) is 0 Å². The van der Waals surface area contributed by atoms with Crippen molar-refractivity contribution in [3.63, 3.8) is 0 Å². The second kappa shape index (κ2) is 6.02. The van der Waals surface area contributed by atoms with Crippen LogP contribution >= 0.6 is 15.9 Å². The Morgan fingerprint density at radius 2 is 2.18 bits per heavy atom. The summed E-state index contributed by atoms with van der Waals surface area (Å²) in [6, 6.07) is 5.16. The maximum absolute atomic E-state index is 11.6. The van der Waals surface area contributed by atoms with Crippen molar-refractivity contribution in [3.8, 4) is 5.75 Å². The predicted octanol–water partition coefficient (Wildman–Crippen LogP) is 1.72. The first-order valence-electron chi connectivity index (χ1n) is 5.34. The molecule has 17 heavy (non-hydrogen) atoms. The summed E-state index contributed by atoms with van der Waals surface area (Å²) in [5, 5.41) is 12.9. The lowest BCUT2D eigenvalue weighted by molar-refractivity contribution is -0.130. The molecule has 1 rings (SSSR count). The Kier molecular flexibility index (Phi) is 4.96. The first-order valence-corrected chi connectivity index (χ1v) is 6.13. The molecule has 1 aromatic carbocycles. The van der Waals surface area contributed by atoms with E-state index in [1.54, 1.807) is 32.0 Å². The van der Waals surface area contributed by atoms with Crippen molar-refractivity contribution in [1.82, 2.24) is 10.2 Å². The van der Waals surface area contributed by atoms with Gasteiger partial charge in [0.25, 0.3) is 0 Å². The SMILES string of the molecule is CC(NCc1cccc(Br)c1O)C(=O)N(C)C. The van der Waals surface area contributed by atoms with Gasteiger partial charge in [0.1, 0.15) is 5.75 Å². The van der Waals surface area contributed by atoms with Crippen LogP contribution in [0.1, 0.15) is 12.5 Å². The Morgan fingerprint density at radius 1 is 1.53 bits per heavy atom. The van der Waals surface area contributed by atoms with E-state index < -0.39 is 0 Å². The number of carbonyl (C=O) groups is 1. The number of rotatable bonds is 4. The van der Waals surface area contributed by atoms with E-state index in [1.807, 2.05) is 12.1 Å². The van der Waals surface area contributed by atoms with E-state index in [4.69, 9.17) is 0 Å². The summed E-state index contributed by atoms with van der Waals surface area (Å²) in [5.41, 5.74) is 0.762. The molecule has 0 radical (unpaired) electrons. The summed E-state index contributed by atoms with van der Waals surface area (Å²) in [6.45, 7) is 2.25. The molecule has 0 heterocycles. The molecule has 94 valence electrons. The van der Waals surface area contributed by atoms with Crippen molar-refractivity contribution >= 4 is 21.8 Å². The van der Waals surface area contributed by atoms with Crippen molar-refractivity contribution in [2.75, 3.05) is 14.1 Å². The Morgan fingerprint density at radius 3 is 2.76 bits per heavy atom. The zero-order valence-electron chi connectivity index (χ0n) is 10.2. The van der Waals surface area contributed by atoms with Gasteiger partial charge < -0.3 is 15.3 Å². The molecule has 1 unspecified atom stereocenters. The van der Waals surface area contributed by atoms with Crippen LogP contribution in [0.3, 0.4) is 0 Å². The molecule has 0 aromatic heterocycles. The summed E-state index contributed by atoms with van der Waals surface area (Å²) in [5.74, 6) is 0.226. The van der Waals surface area contributed by atoms with Gasteiger partial charge >= 0.3 is 0 Å².